The van der Waals surface area contributed by atoms with E-state index in [9.17, 15) is 0 Å². The first-order valence-corrected chi connectivity index (χ1v) is 11.6. The number of hydrogen-bond acceptors (Lipinski definition) is 3. The molecule has 1 aliphatic carbocycles. The SMILES string of the molecule is CN=C(NCC1(c2ccc(Br)cc2)CCOCC1)NC1CCC(SC)C1. The van der Waals surface area contributed by atoms with Crippen molar-refractivity contribution in [2.24, 2.45) is 4.99 Å². The summed E-state index contributed by atoms with van der Waals surface area (Å²) in [6, 6.07) is 9.30. The molecule has 2 atom stereocenters. The van der Waals surface area contributed by atoms with Crippen LogP contribution in [0.5, 0.6) is 0 Å². The molecule has 1 aromatic rings. The number of hydrogen-bond donors (Lipinski definition) is 2. The van der Waals surface area contributed by atoms with Crippen molar-refractivity contribution in [2.75, 3.05) is 33.1 Å². The lowest BCUT2D eigenvalue weighted by molar-refractivity contribution is 0.0513. The summed E-state index contributed by atoms with van der Waals surface area (Å²) in [5.41, 5.74) is 1.49. The Hall–Kier alpha value is -0.720. The van der Waals surface area contributed by atoms with Gasteiger partial charge in [-0.3, -0.25) is 4.99 Å². The van der Waals surface area contributed by atoms with Gasteiger partial charge in [-0.25, -0.2) is 0 Å². The number of rotatable bonds is 5. The molecule has 0 aromatic heterocycles. The summed E-state index contributed by atoms with van der Waals surface area (Å²) in [5, 5.41) is 8.04. The van der Waals surface area contributed by atoms with Crippen molar-refractivity contribution in [3.05, 3.63) is 34.3 Å². The summed E-state index contributed by atoms with van der Waals surface area (Å²) < 4.78 is 6.77. The lowest BCUT2D eigenvalue weighted by atomic mass is 9.74. The third-order valence-electron chi connectivity index (χ3n) is 5.78. The second kappa shape index (κ2) is 9.47. The van der Waals surface area contributed by atoms with Crippen LogP contribution in [0, 0.1) is 0 Å². The molecule has 1 heterocycles. The normalized spacial score (nSPS) is 25.9. The fourth-order valence-electron chi connectivity index (χ4n) is 4.06. The average molecular weight is 440 g/mol. The Morgan fingerprint density at radius 2 is 2.00 bits per heavy atom. The number of thioether (sulfide) groups is 1. The summed E-state index contributed by atoms with van der Waals surface area (Å²) in [4.78, 5) is 4.47. The van der Waals surface area contributed by atoms with E-state index < -0.39 is 0 Å². The van der Waals surface area contributed by atoms with Gasteiger partial charge in [0.1, 0.15) is 0 Å². The zero-order valence-electron chi connectivity index (χ0n) is 15.8. The molecule has 6 heteroatoms. The van der Waals surface area contributed by atoms with Crippen LogP contribution in [-0.2, 0) is 10.2 Å². The van der Waals surface area contributed by atoms with Gasteiger partial charge in [-0.2, -0.15) is 11.8 Å². The molecule has 1 saturated carbocycles. The zero-order valence-corrected chi connectivity index (χ0v) is 18.2. The summed E-state index contributed by atoms with van der Waals surface area (Å²) in [7, 11) is 1.87. The van der Waals surface area contributed by atoms with Crippen molar-refractivity contribution in [1.82, 2.24) is 10.6 Å². The second-order valence-electron chi connectivity index (χ2n) is 7.34. The topological polar surface area (TPSA) is 45.7 Å². The predicted octanol–water partition coefficient (Wildman–Crippen LogP) is 3.95. The molecule has 1 aromatic carbocycles. The first kappa shape index (κ1) is 20.0. The third-order valence-corrected chi connectivity index (χ3v) is 7.41. The van der Waals surface area contributed by atoms with Crippen LogP contribution in [0.1, 0.15) is 37.7 Å². The maximum atomic E-state index is 5.65. The Bertz CT molecular complexity index is 602. The standard InChI is InChI=1S/C20H30BrN3OS/c1-22-19(24-17-7-8-18(13-17)26-2)23-14-20(9-11-25-12-10-20)15-3-5-16(21)6-4-15/h3-6,17-18H,7-14H2,1-2H3,(H2,22,23,24). The van der Waals surface area contributed by atoms with Crippen LogP contribution in [0.15, 0.2) is 33.7 Å². The van der Waals surface area contributed by atoms with Crippen LogP contribution in [0.2, 0.25) is 0 Å². The molecule has 144 valence electrons. The largest absolute Gasteiger partial charge is 0.381 e. The molecule has 2 fully saturated rings. The molecule has 0 bridgehead atoms. The zero-order chi connectivity index (χ0) is 18.4. The minimum absolute atomic E-state index is 0.105. The lowest BCUT2D eigenvalue weighted by Crippen LogP contribution is -2.49. The molecule has 3 rings (SSSR count). The third kappa shape index (κ3) is 4.96. The monoisotopic (exact) mass is 439 g/mol. The lowest BCUT2D eigenvalue weighted by Gasteiger charge is -2.38. The van der Waals surface area contributed by atoms with Gasteiger partial charge in [0, 0.05) is 48.0 Å². The Balaban J connectivity index is 1.64. The highest BCUT2D eigenvalue weighted by Crippen LogP contribution is 2.35. The summed E-state index contributed by atoms with van der Waals surface area (Å²) in [6.07, 6.45) is 8.06. The number of nitrogens with zero attached hydrogens (tertiary/aromatic N) is 1. The van der Waals surface area contributed by atoms with Gasteiger partial charge in [-0.1, -0.05) is 28.1 Å². The van der Waals surface area contributed by atoms with Gasteiger partial charge in [0.15, 0.2) is 5.96 Å². The number of guanidine groups is 1. The number of benzene rings is 1. The Morgan fingerprint density at radius 3 is 2.62 bits per heavy atom. The summed E-state index contributed by atoms with van der Waals surface area (Å²) >= 11 is 5.54. The quantitative estimate of drug-likeness (QED) is 0.538. The number of ether oxygens (including phenoxy) is 1. The van der Waals surface area contributed by atoms with E-state index in [1.807, 2.05) is 18.8 Å². The van der Waals surface area contributed by atoms with E-state index in [1.54, 1.807) is 0 Å². The molecular formula is C20H30BrN3OS. The van der Waals surface area contributed by atoms with Crippen LogP contribution >= 0.6 is 27.7 Å². The molecule has 1 aliphatic heterocycles. The number of halogens is 1. The predicted molar refractivity (Wildman–Crippen MR) is 115 cm³/mol. The number of aliphatic imine (C=N–C) groups is 1. The van der Waals surface area contributed by atoms with E-state index in [0.29, 0.717) is 6.04 Å². The van der Waals surface area contributed by atoms with E-state index in [2.05, 4.69) is 62.1 Å². The van der Waals surface area contributed by atoms with Crippen molar-refractivity contribution in [2.45, 2.75) is 48.8 Å². The molecule has 1 saturated heterocycles. The Morgan fingerprint density at radius 1 is 1.27 bits per heavy atom. The first-order chi connectivity index (χ1) is 12.6. The van der Waals surface area contributed by atoms with Crippen molar-refractivity contribution >= 4 is 33.7 Å². The summed E-state index contributed by atoms with van der Waals surface area (Å²) in [6.45, 7) is 2.53. The molecule has 4 nitrogen and oxygen atoms in total. The first-order valence-electron chi connectivity index (χ1n) is 9.49. The van der Waals surface area contributed by atoms with E-state index in [4.69, 9.17) is 4.74 Å². The Labute approximate surface area is 170 Å². The van der Waals surface area contributed by atoms with E-state index in [-0.39, 0.29) is 5.41 Å². The minimum Gasteiger partial charge on any atom is -0.381 e. The molecule has 2 aliphatic rings. The van der Waals surface area contributed by atoms with Gasteiger partial charge in [0.05, 0.1) is 0 Å². The molecule has 0 spiro atoms. The second-order valence-corrected chi connectivity index (χ2v) is 9.39. The maximum absolute atomic E-state index is 5.65. The molecular weight excluding hydrogens is 410 g/mol. The van der Waals surface area contributed by atoms with Crippen molar-refractivity contribution < 1.29 is 4.74 Å². The molecule has 0 radical (unpaired) electrons. The smallest absolute Gasteiger partial charge is 0.191 e. The maximum Gasteiger partial charge on any atom is 0.191 e. The summed E-state index contributed by atoms with van der Waals surface area (Å²) in [5.74, 6) is 0.930. The van der Waals surface area contributed by atoms with Gasteiger partial charge in [0.25, 0.3) is 0 Å². The fourth-order valence-corrected chi connectivity index (χ4v) is 5.12. The van der Waals surface area contributed by atoms with Gasteiger partial charge in [-0.05, 0) is 56.1 Å². The van der Waals surface area contributed by atoms with Crippen molar-refractivity contribution in [1.29, 1.82) is 0 Å². The fraction of sp³-hybridized carbons (Fsp3) is 0.650. The van der Waals surface area contributed by atoms with Crippen LogP contribution < -0.4 is 10.6 Å². The van der Waals surface area contributed by atoms with Crippen LogP contribution in [-0.4, -0.2) is 50.3 Å². The van der Waals surface area contributed by atoms with Gasteiger partial charge < -0.3 is 15.4 Å². The molecule has 2 unspecified atom stereocenters. The molecule has 2 N–H and O–H groups in total. The highest BCUT2D eigenvalue weighted by atomic mass is 79.9. The molecule has 0 amide bonds. The van der Waals surface area contributed by atoms with Crippen LogP contribution in [0.3, 0.4) is 0 Å². The molecule has 26 heavy (non-hydrogen) atoms. The van der Waals surface area contributed by atoms with Crippen molar-refractivity contribution in [3.63, 3.8) is 0 Å². The minimum atomic E-state index is 0.105. The van der Waals surface area contributed by atoms with E-state index in [0.717, 1.165) is 48.3 Å². The van der Waals surface area contributed by atoms with E-state index >= 15 is 0 Å². The van der Waals surface area contributed by atoms with Gasteiger partial charge >= 0.3 is 0 Å². The highest BCUT2D eigenvalue weighted by molar-refractivity contribution is 9.10. The highest BCUT2D eigenvalue weighted by Gasteiger charge is 2.35. The average Bonchev–Trinajstić information content (AvgIpc) is 3.14. The van der Waals surface area contributed by atoms with Gasteiger partial charge in [-0.15, -0.1) is 0 Å². The number of nitrogens with one attached hydrogen (secondary N) is 2. The van der Waals surface area contributed by atoms with E-state index in [1.165, 1.54) is 24.8 Å². The van der Waals surface area contributed by atoms with Gasteiger partial charge in [0.2, 0.25) is 0 Å². The Kier molecular flexibility index (Phi) is 7.29. The van der Waals surface area contributed by atoms with Crippen molar-refractivity contribution in [3.8, 4) is 0 Å². The van der Waals surface area contributed by atoms with Crippen LogP contribution in [0.25, 0.3) is 0 Å². The van der Waals surface area contributed by atoms with Crippen LogP contribution in [0.4, 0.5) is 0 Å².